The van der Waals surface area contributed by atoms with Crippen molar-refractivity contribution in [2.24, 2.45) is 0 Å². The van der Waals surface area contributed by atoms with E-state index >= 15 is 0 Å². The molecule has 0 aliphatic carbocycles. The molecule has 7 nitrogen and oxygen atoms in total. The Hall–Kier alpha value is -2.09. The number of nitrogens with one attached hydrogen (secondary N) is 2. The maximum absolute atomic E-state index is 11.9. The van der Waals surface area contributed by atoms with Gasteiger partial charge in [0.25, 0.3) is 10.0 Å². The van der Waals surface area contributed by atoms with E-state index in [0.717, 1.165) is 12.0 Å². The van der Waals surface area contributed by atoms with Gasteiger partial charge in [0.1, 0.15) is 0 Å². The number of urea groups is 1. The van der Waals surface area contributed by atoms with Gasteiger partial charge in [-0.25, -0.2) is 28.0 Å². The maximum Gasteiger partial charge on any atom is 0.415 e. The molecule has 0 spiro atoms. The van der Waals surface area contributed by atoms with E-state index in [1.807, 2.05) is 13.8 Å². The summed E-state index contributed by atoms with van der Waals surface area (Å²) in [5, 5.41) is 1.79. The van der Waals surface area contributed by atoms with Gasteiger partial charge in [0, 0.05) is 0 Å². The van der Waals surface area contributed by atoms with Crippen molar-refractivity contribution in [2.45, 2.75) is 31.6 Å². The molecule has 1 aromatic rings. The quantitative estimate of drug-likeness (QED) is 0.808. The lowest BCUT2D eigenvalue weighted by molar-refractivity contribution is 0.146. The molecule has 116 valence electrons. The number of carbonyl (C=O) groups excluding carboxylic acids is 2. The molecule has 0 heterocycles. The van der Waals surface area contributed by atoms with Crippen LogP contribution in [0.15, 0.2) is 29.2 Å². The zero-order valence-corrected chi connectivity index (χ0v) is 12.7. The number of aryl methyl sites for hydroxylation is 1. The van der Waals surface area contributed by atoms with Crippen molar-refractivity contribution < 1.29 is 22.7 Å². The number of imide groups is 1. The summed E-state index contributed by atoms with van der Waals surface area (Å²) in [4.78, 5) is 22.6. The highest BCUT2D eigenvalue weighted by atomic mass is 32.2. The topological polar surface area (TPSA) is 102 Å². The molecule has 0 radical (unpaired) electrons. The van der Waals surface area contributed by atoms with Crippen LogP contribution in [-0.2, 0) is 14.8 Å². The molecule has 0 saturated carbocycles. The largest absolute Gasteiger partial charge is 0.449 e. The van der Waals surface area contributed by atoms with Crippen LogP contribution in [0.4, 0.5) is 9.59 Å². The normalized spacial score (nSPS) is 10.8. The summed E-state index contributed by atoms with van der Waals surface area (Å²) in [6, 6.07) is 4.78. The Morgan fingerprint density at radius 1 is 1.19 bits per heavy atom. The molecule has 0 aliphatic heterocycles. The lowest BCUT2D eigenvalue weighted by atomic mass is 10.2. The van der Waals surface area contributed by atoms with Gasteiger partial charge < -0.3 is 4.74 Å². The van der Waals surface area contributed by atoms with E-state index in [4.69, 9.17) is 0 Å². The van der Waals surface area contributed by atoms with Gasteiger partial charge >= 0.3 is 12.1 Å². The minimum atomic E-state index is -4.02. The van der Waals surface area contributed by atoms with Crippen LogP contribution in [0.25, 0.3) is 0 Å². The minimum absolute atomic E-state index is 0.0670. The molecule has 3 amide bonds. The second-order valence-corrected chi connectivity index (χ2v) is 6.04. The van der Waals surface area contributed by atoms with Crippen LogP contribution in [0.2, 0.25) is 0 Å². The predicted octanol–water partition coefficient (Wildman–Crippen LogP) is 1.92. The molecule has 0 aliphatic rings. The Balaban J connectivity index is 2.57. The van der Waals surface area contributed by atoms with Crippen LogP contribution in [0.5, 0.6) is 0 Å². The van der Waals surface area contributed by atoms with Gasteiger partial charge in [-0.2, -0.15) is 0 Å². The van der Waals surface area contributed by atoms with Crippen molar-refractivity contribution in [1.82, 2.24) is 10.0 Å². The molecular formula is C13H18N2O5S. The van der Waals surface area contributed by atoms with E-state index in [2.05, 4.69) is 4.74 Å². The van der Waals surface area contributed by atoms with Crippen LogP contribution in [0.3, 0.4) is 0 Å². The molecule has 0 fully saturated rings. The smallest absolute Gasteiger partial charge is 0.415 e. The van der Waals surface area contributed by atoms with Crippen molar-refractivity contribution in [1.29, 1.82) is 0 Å². The highest BCUT2D eigenvalue weighted by Gasteiger charge is 2.19. The van der Waals surface area contributed by atoms with E-state index < -0.39 is 22.1 Å². The second-order valence-electron chi connectivity index (χ2n) is 4.36. The Bertz CT molecular complexity index is 595. The molecule has 2 N–H and O–H groups in total. The van der Waals surface area contributed by atoms with Crippen LogP contribution < -0.4 is 10.0 Å². The van der Waals surface area contributed by atoms with Crippen molar-refractivity contribution in [3.63, 3.8) is 0 Å². The van der Waals surface area contributed by atoms with Crippen LogP contribution in [0, 0.1) is 6.92 Å². The van der Waals surface area contributed by atoms with Gasteiger partial charge in [0.05, 0.1) is 11.5 Å². The first-order valence-corrected chi connectivity index (χ1v) is 7.90. The van der Waals surface area contributed by atoms with E-state index in [-0.39, 0.29) is 11.5 Å². The zero-order valence-electron chi connectivity index (χ0n) is 11.9. The summed E-state index contributed by atoms with van der Waals surface area (Å²) in [7, 11) is -4.02. The third kappa shape index (κ3) is 5.82. The summed E-state index contributed by atoms with van der Waals surface area (Å²) in [6.45, 7) is 3.89. The fourth-order valence-corrected chi connectivity index (χ4v) is 2.27. The number of amides is 3. The lowest BCUT2D eigenvalue weighted by Gasteiger charge is -2.08. The van der Waals surface area contributed by atoms with Gasteiger partial charge in [0.15, 0.2) is 0 Å². The molecular weight excluding hydrogens is 296 g/mol. The summed E-state index contributed by atoms with van der Waals surface area (Å²) >= 11 is 0. The molecule has 0 saturated heterocycles. The van der Waals surface area contributed by atoms with E-state index in [1.54, 1.807) is 22.2 Å². The average Bonchev–Trinajstić information content (AvgIpc) is 2.38. The molecule has 0 bridgehead atoms. The van der Waals surface area contributed by atoms with Crippen LogP contribution in [-0.4, -0.2) is 27.1 Å². The lowest BCUT2D eigenvalue weighted by Crippen LogP contribution is -2.42. The molecule has 1 rings (SSSR count). The van der Waals surface area contributed by atoms with Crippen molar-refractivity contribution >= 4 is 22.1 Å². The number of sulfonamides is 1. The number of carbonyl (C=O) groups is 2. The molecule has 8 heteroatoms. The first-order valence-electron chi connectivity index (χ1n) is 6.42. The van der Waals surface area contributed by atoms with Crippen molar-refractivity contribution in [3.8, 4) is 0 Å². The number of alkyl carbamates (subject to hydrolysis) is 1. The second kappa shape index (κ2) is 7.63. The molecule has 0 aromatic heterocycles. The number of hydrogen-bond acceptors (Lipinski definition) is 5. The number of rotatable bonds is 5. The zero-order chi connectivity index (χ0) is 15.9. The Morgan fingerprint density at radius 3 is 2.38 bits per heavy atom. The van der Waals surface area contributed by atoms with E-state index in [9.17, 15) is 18.0 Å². The Kier molecular flexibility index (Phi) is 6.16. The fraction of sp³-hybridized carbons (Fsp3) is 0.385. The average molecular weight is 314 g/mol. The molecule has 0 unspecified atom stereocenters. The molecule has 21 heavy (non-hydrogen) atoms. The number of benzene rings is 1. The first-order chi connectivity index (χ1) is 9.85. The third-order valence-corrected chi connectivity index (χ3v) is 3.85. The highest BCUT2D eigenvalue weighted by molar-refractivity contribution is 7.90. The first kappa shape index (κ1) is 17.0. The van der Waals surface area contributed by atoms with Gasteiger partial charge in [-0.1, -0.05) is 31.0 Å². The SMILES string of the molecule is CCCCOC(=O)NC(=O)NS(=O)(=O)c1ccc(C)cc1. The fourth-order valence-electron chi connectivity index (χ4n) is 1.36. The molecule has 1 aromatic carbocycles. The van der Waals surface area contributed by atoms with Crippen molar-refractivity contribution in [3.05, 3.63) is 29.8 Å². The van der Waals surface area contributed by atoms with Crippen LogP contribution in [0.1, 0.15) is 25.3 Å². The van der Waals surface area contributed by atoms with Gasteiger partial charge in [-0.15, -0.1) is 0 Å². The predicted molar refractivity (Wildman–Crippen MR) is 76.3 cm³/mol. The van der Waals surface area contributed by atoms with E-state index in [1.165, 1.54) is 12.1 Å². The Morgan fingerprint density at radius 2 is 1.81 bits per heavy atom. The number of unbranched alkanes of at least 4 members (excludes halogenated alkanes) is 1. The van der Waals surface area contributed by atoms with Crippen molar-refractivity contribution in [2.75, 3.05) is 6.61 Å². The minimum Gasteiger partial charge on any atom is -0.449 e. The number of hydrogen-bond donors (Lipinski definition) is 2. The summed E-state index contributed by atoms with van der Waals surface area (Å²) in [5.41, 5.74) is 0.887. The van der Waals surface area contributed by atoms with Gasteiger partial charge in [0.2, 0.25) is 0 Å². The Labute approximate surface area is 123 Å². The molecule has 0 atom stereocenters. The van der Waals surface area contributed by atoms with Crippen LogP contribution >= 0.6 is 0 Å². The van der Waals surface area contributed by atoms with Gasteiger partial charge in [-0.05, 0) is 25.5 Å². The monoisotopic (exact) mass is 314 g/mol. The summed E-state index contributed by atoms with van der Waals surface area (Å²) in [6.07, 6.45) is 0.512. The highest BCUT2D eigenvalue weighted by Crippen LogP contribution is 2.09. The maximum atomic E-state index is 11.9. The standard InChI is InChI=1S/C13H18N2O5S/c1-3-4-9-20-13(17)14-12(16)15-21(18,19)11-7-5-10(2)6-8-11/h5-8H,3-4,9H2,1-2H3,(H2,14,15,16,17). The van der Waals surface area contributed by atoms with E-state index in [0.29, 0.717) is 6.42 Å². The van der Waals surface area contributed by atoms with Gasteiger partial charge in [-0.3, -0.25) is 0 Å². The number of ether oxygens (including phenoxy) is 1. The third-order valence-electron chi connectivity index (χ3n) is 2.50. The summed E-state index contributed by atoms with van der Waals surface area (Å²) < 4.78 is 30.2. The summed E-state index contributed by atoms with van der Waals surface area (Å²) in [5.74, 6) is 0.